The van der Waals surface area contributed by atoms with Crippen LogP contribution in [0.2, 0.25) is 0 Å². The molecule has 106 valence electrons. The summed E-state index contributed by atoms with van der Waals surface area (Å²) in [5.41, 5.74) is 1.45. The standard InChI is InChI=1S/C15H18N2O3/c16-10-9-12-5-7-13(8-6-12)15(20)17-11-3-1-2-4-14(18)19/h5-8H,1-4,9,11H2,(H,17,20)(H,18,19). The summed E-state index contributed by atoms with van der Waals surface area (Å²) in [5.74, 6) is -0.932. The highest BCUT2D eigenvalue weighted by Gasteiger charge is 2.04. The van der Waals surface area contributed by atoms with Gasteiger partial charge in [-0.1, -0.05) is 18.6 Å². The Morgan fingerprint density at radius 2 is 1.85 bits per heavy atom. The molecular formula is C15H18N2O3. The molecule has 0 aliphatic heterocycles. The van der Waals surface area contributed by atoms with Gasteiger partial charge in [0.2, 0.25) is 0 Å². The normalized spacial score (nSPS) is 9.75. The summed E-state index contributed by atoms with van der Waals surface area (Å²) >= 11 is 0. The highest BCUT2D eigenvalue weighted by molar-refractivity contribution is 5.94. The number of rotatable bonds is 8. The molecule has 5 nitrogen and oxygen atoms in total. The number of carboxylic acid groups (broad SMARTS) is 1. The average molecular weight is 274 g/mol. The van der Waals surface area contributed by atoms with Crippen LogP contribution in [0.1, 0.15) is 41.6 Å². The van der Waals surface area contributed by atoms with E-state index in [2.05, 4.69) is 11.4 Å². The number of hydrogen-bond donors (Lipinski definition) is 2. The van der Waals surface area contributed by atoms with Gasteiger partial charge in [-0.2, -0.15) is 5.26 Å². The van der Waals surface area contributed by atoms with E-state index >= 15 is 0 Å². The van der Waals surface area contributed by atoms with Crippen LogP contribution < -0.4 is 5.32 Å². The van der Waals surface area contributed by atoms with E-state index in [-0.39, 0.29) is 12.3 Å². The van der Waals surface area contributed by atoms with E-state index in [9.17, 15) is 9.59 Å². The smallest absolute Gasteiger partial charge is 0.303 e. The molecule has 0 unspecified atom stereocenters. The van der Waals surface area contributed by atoms with Crippen molar-refractivity contribution in [1.82, 2.24) is 5.32 Å². The van der Waals surface area contributed by atoms with Crippen molar-refractivity contribution in [3.8, 4) is 6.07 Å². The number of hydrogen-bond acceptors (Lipinski definition) is 3. The van der Waals surface area contributed by atoms with Gasteiger partial charge in [0.15, 0.2) is 0 Å². The Morgan fingerprint density at radius 3 is 2.45 bits per heavy atom. The SMILES string of the molecule is N#CCc1ccc(C(=O)NCCCCCC(=O)O)cc1. The van der Waals surface area contributed by atoms with Crippen LogP contribution in [0.25, 0.3) is 0 Å². The molecule has 0 aromatic heterocycles. The number of amides is 1. The number of unbranched alkanes of at least 4 members (excludes halogenated alkanes) is 2. The number of carbonyl (C=O) groups is 2. The Balaban J connectivity index is 2.25. The number of benzene rings is 1. The number of carbonyl (C=O) groups excluding carboxylic acids is 1. The van der Waals surface area contributed by atoms with Crippen molar-refractivity contribution in [1.29, 1.82) is 5.26 Å². The maximum atomic E-state index is 11.8. The summed E-state index contributed by atoms with van der Waals surface area (Å²) < 4.78 is 0. The lowest BCUT2D eigenvalue weighted by Crippen LogP contribution is -2.24. The molecule has 0 fully saturated rings. The molecule has 0 aliphatic rings. The van der Waals surface area contributed by atoms with Crippen molar-refractivity contribution in [2.24, 2.45) is 0 Å². The maximum absolute atomic E-state index is 11.8. The first-order valence-corrected chi connectivity index (χ1v) is 6.59. The van der Waals surface area contributed by atoms with Gasteiger partial charge in [-0.25, -0.2) is 0 Å². The highest BCUT2D eigenvalue weighted by atomic mass is 16.4. The lowest BCUT2D eigenvalue weighted by atomic mass is 10.1. The number of nitrogens with zero attached hydrogens (tertiary/aromatic N) is 1. The molecule has 2 N–H and O–H groups in total. The summed E-state index contributed by atoms with van der Waals surface area (Å²) in [4.78, 5) is 22.1. The maximum Gasteiger partial charge on any atom is 0.303 e. The van der Waals surface area contributed by atoms with Crippen molar-refractivity contribution < 1.29 is 14.7 Å². The Kier molecular flexibility index (Phi) is 6.83. The zero-order valence-corrected chi connectivity index (χ0v) is 11.3. The van der Waals surface area contributed by atoms with Crippen LogP contribution in [0, 0.1) is 11.3 Å². The van der Waals surface area contributed by atoms with E-state index < -0.39 is 5.97 Å². The first kappa shape index (κ1) is 15.7. The topological polar surface area (TPSA) is 90.2 Å². The largest absolute Gasteiger partial charge is 0.481 e. The predicted molar refractivity (Wildman–Crippen MR) is 74.2 cm³/mol. The Bertz CT molecular complexity index is 489. The first-order valence-electron chi connectivity index (χ1n) is 6.59. The minimum absolute atomic E-state index is 0.147. The molecule has 0 aliphatic carbocycles. The van der Waals surface area contributed by atoms with Gasteiger partial charge < -0.3 is 10.4 Å². The molecule has 1 aromatic carbocycles. The van der Waals surface area contributed by atoms with E-state index in [1.165, 1.54) is 0 Å². The second-order valence-electron chi connectivity index (χ2n) is 4.49. The van der Waals surface area contributed by atoms with E-state index in [4.69, 9.17) is 10.4 Å². The molecule has 1 amide bonds. The monoisotopic (exact) mass is 274 g/mol. The molecular weight excluding hydrogens is 256 g/mol. The molecule has 20 heavy (non-hydrogen) atoms. The Morgan fingerprint density at radius 1 is 1.15 bits per heavy atom. The molecule has 0 spiro atoms. The van der Waals surface area contributed by atoms with Crippen LogP contribution >= 0.6 is 0 Å². The van der Waals surface area contributed by atoms with Gasteiger partial charge in [-0.3, -0.25) is 9.59 Å². The molecule has 0 radical (unpaired) electrons. The summed E-state index contributed by atoms with van der Waals surface area (Å²) in [6.45, 7) is 0.540. The number of nitrogens with one attached hydrogen (secondary N) is 1. The van der Waals surface area contributed by atoms with Crippen LogP contribution in [0.4, 0.5) is 0 Å². The molecule has 0 saturated carbocycles. The molecule has 0 saturated heterocycles. The van der Waals surface area contributed by atoms with Crippen molar-refractivity contribution in [3.05, 3.63) is 35.4 Å². The summed E-state index contributed by atoms with van der Waals surface area (Å²) in [6, 6.07) is 8.99. The van der Waals surface area contributed by atoms with Gasteiger partial charge in [0, 0.05) is 18.5 Å². The van der Waals surface area contributed by atoms with Crippen molar-refractivity contribution >= 4 is 11.9 Å². The zero-order valence-electron chi connectivity index (χ0n) is 11.3. The second kappa shape index (κ2) is 8.70. The highest BCUT2D eigenvalue weighted by Crippen LogP contribution is 2.05. The van der Waals surface area contributed by atoms with Crippen molar-refractivity contribution in [3.63, 3.8) is 0 Å². The minimum Gasteiger partial charge on any atom is -0.481 e. The van der Waals surface area contributed by atoms with Crippen LogP contribution in [0.3, 0.4) is 0 Å². The lowest BCUT2D eigenvalue weighted by molar-refractivity contribution is -0.137. The fourth-order valence-corrected chi connectivity index (χ4v) is 1.75. The third kappa shape index (κ3) is 6.01. The average Bonchev–Trinajstić information content (AvgIpc) is 2.43. The van der Waals surface area contributed by atoms with Crippen molar-refractivity contribution in [2.45, 2.75) is 32.1 Å². The van der Waals surface area contributed by atoms with E-state index in [0.29, 0.717) is 24.9 Å². The molecule has 0 bridgehead atoms. The molecule has 0 heterocycles. The Labute approximate surface area is 118 Å². The van der Waals surface area contributed by atoms with E-state index in [1.54, 1.807) is 24.3 Å². The van der Waals surface area contributed by atoms with Crippen LogP contribution in [-0.2, 0) is 11.2 Å². The molecule has 0 atom stereocenters. The summed E-state index contributed by atoms with van der Waals surface area (Å²) in [7, 11) is 0. The summed E-state index contributed by atoms with van der Waals surface area (Å²) in [6.07, 6.45) is 2.70. The number of carboxylic acids is 1. The fraction of sp³-hybridized carbons (Fsp3) is 0.400. The van der Waals surface area contributed by atoms with Gasteiger partial charge >= 0.3 is 5.97 Å². The summed E-state index contributed by atoms with van der Waals surface area (Å²) in [5, 5.41) is 19.8. The van der Waals surface area contributed by atoms with Gasteiger partial charge in [0.1, 0.15) is 0 Å². The first-order chi connectivity index (χ1) is 9.63. The molecule has 1 rings (SSSR count). The second-order valence-corrected chi connectivity index (χ2v) is 4.49. The zero-order chi connectivity index (χ0) is 14.8. The van der Waals surface area contributed by atoms with E-state index in [0.717, 1.165) is 18.4 Å². The third-order valence-corrected chi connectivity index (χ3v) is 2.85. The van der Waals surface area contributed by atoms with Gasteiger partial charge in [0.05, 0.1) is 12.5 Å². The van der Waals surface area contributed by atoms with Gasteiger partial charge in [-0.15, -0.1) is 0 Å². The van der Waals surface area contributed by atoms with Crippen molar-refractivity contribution in [2.75, 3.05) is 6.54 Å². The third-order valence-electron chi connectivity index (χ3n) is 2.85. The predicted octanol–water partition coefficient (Wildman–Crippen LogP) is 2.13. The number of nitriles is 1. The lowest BCUT2D eigenvalue weighted by Gasteiger charge is -2.05. The van der Waals surface area contributed by atoms with E-state index in [1.807, 2.05) is 0 Å². The van der Waals surface area contributed by atoms with Crippen LogP contribution in [0.15, 0.2) is 24.3 Å². The quantitative estimate of drug-likeness (QED) is 0.710. The number of aliphatic carboxylic acids is 1. The molecule has 1 aromatic rings. The van der Waals surface area contributed by atoms with Gasteiger partial charge in [-0.05, 0) is 30.5 Å². The van der Waals surface area contributed by atoms with Gasteiger partial charge in [0.25, 0.3) is 5.91 Å². The van der Waals surface area contributed by atoms with Crippen LogP contribution in [0.5, 0.6) is 0 Å². The molecule has 5 heteroatoms. The van der Waals surface area contributed by atoms with Crippen LogP contribution in [-0.4, -0.2) is 23.5 Å². The Hall–Kier alpha value is -2.35. The minimum atomic E-state index is -0.786. The fourth-order valence-electron chi connectivity index (χ4n) is 1.75.